The first-order valence-corrected chi connectivity index (χ1v) is 9.53. The van der Waals surface area contributed by atoms with Crippen LogP contribution < -0.4 is 10.3 Å². The summed E-state index contributed by atoms with van der Waals surface area (Å²) in [4.78, 5) is 18.1. The highest BCUT2D eigenvalue weighted by Crippen LogP contribution is 2.31. The fraction of sp³-hybridized carbons (Fsp3) is 0.217. The van der Waals surface area contributed by atoms with Crippen LogP contribution in [0.4, 0.5) is 0 Å². The van der Waals surface area contributed by atoms with Crippen molar-refractivity contribution in [1.82, 2.24) is 14.3 Å². The average molecular weight is 389 g/mol. The maximum absolute atomic E-state index is 13.4. The van der Waals surface area contributed by atoms with Crippen molar-refractivity contribution in [2.24, 2.45) is 7.05 Å². The quantitative estimate of drug-likeness (QED) is 0.508. The number of para-hydroxylation sites is 1. The molecule has 0 amide bonds. The highest BCUT2D eigenvalue weighted by Gasteiger charge is 2.24. The first kappa shape index (κ1) is 18.8. The second kappa shape index (κ2) is 7.47. The third-order valence-electron chi connectivity index (χ3n) is 5.15. The lowest BCUT2D eigenvalue weighted by Crippen LogP contribution is -2.20. The van der Waals surface area contributed by atoms with Gasteiger partial charge in [-0.25, -0.2) is 9.67 Å². The van der Waals surface area contributed by atoms with Gasteiger partial charge < -0.3 is 9.15 Å². The average Bonchev–Trinajstić information content (AvgIpc) is 3.27. The number of hydrogen-bond acceptors (Lipinski definition) is 4. The summed E-state index contributed by atoms with van der Waals surface area (Å²) in [5.74, 6) is 1.95. The van der Waals surface area contributed by atoms with Crippen LogP contribution in [0, 0.1) is 6.92 Å². The van der Waals surface area contributed by atoms with Crippen molar-refractivity contribution in [3.8, 4) is 34.1 Å². The predicted molar refractivity (Wildman–Crippen MR) is 113 cm³/mol. The molecule has 4 aromatic rings. The Balaban J connectivity index is 1.87. The number of benzene rings is 2. The van der Waals surface area contributed by atoms with E-state index >= 15 is 0 Å². The van der Waals surface area contributed by atoms with Gasteiger partial charge in [0, 0.05) is 24.7 Å². The molecule has 0 spiro atoms. The molecule has 29 heavy (non-hydrogen) atoms. The number of rotatable bonds is 5. The molecule has 0 N–H and O–H groups in total. The lowest BCUT2D eigenvalue weighted by atomic mass is 10.1. The van der Waals surface area contributed by atoms with E-state index in [4.69, 9.17) is 14.1 Å². The summed E-state index contributed by atoms with van der Waals surface area (Å²) in [6, 6.07) is 17.1. The first-order chi connectivity index (χ1) is 14.0. The number of nitrogens with zero attached hydrogens (tertiary/aromatic N) is 3. The third kappa shape index (κ3) is 3.16. The molecule has 4 rings (SSSR count). The van der Waals surface area contributed by atoms with Crippen molar-refractivity contribution in [3.63, 3.8) is 0 Å². The van der Waals surface area contributed by atoms with Gasteiger partial charge in [0.25, 0.3) is 5.56 Å². The van der Waals surface area contributed by atoms with Crippen molar-refractivity contribution in [2.45, 2.75) is 20.3 Å². The van der Waals surface area contributed by atoms with Gasteiger partial charge in [0.05, 0.1) is 18.4 Å². The number of hydrogen-bond donors (Lipinski definition) is 0. The van der Waals surface area contributed by atoms with Gasteiger partial charge in [0.15, 0.2) is 0 Å². The number of aryl methyl sites for hydroxylation is 1. The molecular weight excluding hydrogens is 366 g/mol. The van der Waals surface area contributed by atoms with Crippen LogP contribution >= 0.6 is 0 Å². The molecule has 0 aliphatic rings. The fourth-order valence-corrected chi connectivity index (χ4v) is 3.48. The summed E-state index contributed by atoms with van der Waals surface area (Å²) in [7, 11) is 3.51. The van der Waals surface area contributed by atoms with Gasteiger partial charge in [-0.05, 0) is 43.3 Å². The minimum atomic E-state index is -0.111. The largest absolute Gasteiger partial charge is 0.497 e. The molecule has 0 unspecified atom stereocenters. The van der Waals surface area contributed by atoms with E-state index in [0.29, 0.717) is 29.3 Å². The van der Waals surface area contributed by atoms with Gasteiger partial charge in [-0.15, -0.1) is 0 Å². The van der Waals surface area contributed by atoms with Crippen LogP contribution in [0.2, 0.25) is 0 Å². The standard InChI is InChI=1S/C23H23N3O3/c1-5-19-21(24-22(29-19)16-11-13-18(28-4)14-12-16)20-15(2)25(3)26(23(20)27)17-9-7-6-8-10-17/h6-14H,5H2,1-4H3. The van der Waals surface area contributed by atoms with Crippen molar-refractivity contribution in [2.75, 3.05) is 7.11 Å². The van der Waals surface area contributed by atoms with Crippen molar-refractivity contribution in [1.29, 1.82) is 0 Å². The Bertz CT molecular complexity index is 1200. The van der Waals surface area contributed by atoms with Gasteiger partial charge in [0.2, 0.25) is 5.89 Å². The van der Waals surface area contributed by atoms with Gasteiger partial charge >= 0.3 is 0 Å². The van der Waals surface area contributed by atoms with Gasteiger partial charge in [-0.1, -0.05) is 25.1 Å². The Labute approximate surface area is 169 Å². The third-order valence-corrected chi connectivity index (χ3v) is 5.15. The van der Waals surface area contributed by atoms with E-state index in [2.05, 4.69) is 0 Å². The van der Waals surface area contributed by atoms with Crippen molar-refractivity contribution in [3.05, 3.63) is 76.4 Å². The second-order valence-corrected chi connectivity index (χ2v) is 6.81. The van der Waals surface area contributed by atoms with E-state index in [1.165, 1.54) is 0 Å². The summed E-state index contributed by atoms with van der Waals surface area (Å²) in [5, 5.41) is 0. The van der Waals surface area contributed by atoms with Crippen LogP contribution in [0.5, 0.6) is 5.75 Å². The first-order valence-electron chi connectivity index (χ1n) is 9.53. The van der Waals surface area contributed by atoms with E-state index in [1.54, 1.807) is 11.8 Å². The molecule has 0 radical (unpaired) electrons. The lowest BCUT2D eigenvalue weighted by molar-refractivity contribution is 0.415. The Kier molecular flexibility index (Phi) is 4.84. The van der Waals surface area contributed by atoms with E-state index in [-0.39, 0.29) is 5.56 Å². The number of aromatic nitrogens is 3. The molecule has 2 aromatic carbocycles. The van der Waals surface area contributed by atoms with Crippen LogP contribution in [0.1, 0.15) is 18.4 Å². The smallest absolute Gasteiger partial charge is 0.281 e. The number of ether oxygens (including phenoxy) is 1. The molecule has 2 aromatic heterocycles. The Morgan fingerprint density at radius 3 is 2.38 bits per heavy atom. The number of methoxy groups -OCH3 is 1. The highest BCUT2D eigenvalue weighted by molar-refractivity contribution is 5.68. The van der Waals surface area contributed by atoms with E-state index < -0.39 is 0 Å². The van der Waals surface area contributed by atoms with E-state index in [9.17, 15) is 4.79 Å². The van der Waals surface area contributed by atoms with Crippen LogP contribution in [0.3, 0.4) is 0 Å². The topological polar surface area (TPSA) is 62.2 Å². The lowest BCUT2D eigenvalue weighted by Gasteiger charge is -2.07. The van der Waals surface area contributed by atoms with Gasteiger partial charge in [-0.2, -0.15) is 0 Å². The summed E-state index contributed by atoms with van der Waals surface area (Å²) >= 11 is 0. The summed E-state index contributed by atoms with van der Waals surface area (Å²) < 4.78 is 14.8. The Hall–Kier alpha value is -3.54. The van der Waals surface area contributed by atoms with Gasteiger partial charge in [-0.3, -0.25) is 9.48 Å². The number of oxazole rings is 1. The Morgan fingerprint density at radius 2 is 1.76 bits per heavy atom. The molecular formula is C23H23N3O3. The maximum atomic E-state index is 13.4. The van der Waals surface area contributed by atoms with Crippen molar-refractivity contribution >= 4 is 0 Å². The molecule has 0 aliphatic heterocycles. The zero-order valence-corrected chi connectivity index (χ0v) is 17.0. The maximum Gasteiger partial charge on any atom is 0.281 e. The SMILES string of the molecule is CCc1oc(-c2ccc(OC)cc2)nc1-c1c(C)n(C)n(-c2ccccc2)c1=O. The minimum absolute atomic E-state index is 0.111. The molecule has 2 heterocycles. The van der Waals surface area contributed by atoms with E-state index in [1.807, 2.05) is 80.2 Å². The molecule has 0 bridgehead atoms. The molecule has 0 atom stereocenters. The van der Waals surface area contributed by atoms with Gasteiger partial charge in [0.1, 0.15) is 17.2 Å². The second-order valence-electron chi connectivity index (χ2n) is 6.81. The summed E-state index contributed by atoms with van der Waals surface area (Å²) in [5.41, 5.74) is 3.54. The molecule has 0 saturated carbocycles. The monoisotopic (exact) mass is 389 g/mol. The fourth-order valence-electron chi connectivity index (χ4n) is 3.48. The minimum Gasteiger partial charge on any atom is -0.497 e. The normalized spacial score (nSPS) is 11.0. The molecule has 6 nitrogen and oxygen atoms in total. The zero-order chi connectivity index (χ0) is 20.5. The Morgan fingerprint density at radius 1 is 1.07 bits per heavy atom. The van der Waals surface area contributed by atoms with Crippen LogP contribution in [-0.4, -0.2) is 21.5 Å². The molecule has 6 heteroatoms. The van der Waals surface area contributed by atoms with Crippen molar-refractivity contribution < 1.29 is 9.15 Å². The molecule has 148 valence electrons. The molecule has 0 saturated heterocycles. The summed E-state index contributed by atoms with van der Waals surface area (Å²) in [6.07, 6.45) is 0.637. The molecule has 0 fully saturated rings. The van der Waals surface area contributed by atoms with E-state index in [0.717, 1.165) is 22.7 Å². The summed E-state index contributed by atoms with van der Waals surface area (Å²) in [6.45, 7) is 3.92. The van der Waals surface area contributed by atoms with Crippen LogP contribution in [0.25, 0.3) is 28.4 Å². The highest BCUT2D eigenvalue weighted by atomic mass is 16.5. The predicted octanol–water partition coefficient (Wildman–Crippen LogP) is 4.38. The van der Waals surface area contributed by atoms with Crippen LogP contribution in [-0.2, 0) is 13.5 Å². The zero-order valence-electron chi connectivity index (χ0n) is 17.0. The molecule has 0 aliphatic carbocycles. The van der Waals surface area contributed by atoms with Crippen LogP contribution in [0.15, 0.2) is 63.8 Å².